The molecular weight excluding hydrogens is 449 g/mol. The van der Waals surface area contributed by atoms with Crippen LogP contribution in [0.4, 0.5) is 9.18 Å². The largest absolute Gasteiger partial charge is 0.496 e. The molecule has 6 nitrogen and oxygen atoms in total. The molecule has 2 aromatic rings. The van der Waals surface area contributed by atoms with Crippen molar-refractivity contribution in [1.82, 2.24) is 4.90 Å². The quantitative estimate of drug-likeness (QED) is 0.281. The van der Waals surface area contributed by atoms with Crippen molar-refractivity contribution >= 4 is 12.1 Å². The Hall–Kier alpha value is -3.61. The lowest BCUT2D eigenvalue weighted by Crippen LogP contribution is -2.31. The van der Waals surface area contributed by atoms with Gasteiger partial charge in [0.05, 0.1) is 20.1 Å². The average molecular weight is 484 g/mol. The third kappa shape index (κ3) is 8.28. The van der Waals surface area contributed by atoms with Gasteiger partial charge in [-0.1, -0.05) is 48.6 Å². The third-order valence-electron chi connectivity index (χ3n) is 5.30. The number of alkyl halides is 1. The zero-order valence-corrected chi connectivity index (χ0v) is 20.9. The normalized spacial score (nSPS) is 10.8. The molecular formula is C28H34FNO5. The van der Waals surface area contributed by atoms with Gasteiger partial charge in [0.25, 0.3) is 0 Å². The van der Waals surface area contributed by atoms with Crippen molar-refractivity contribution < 1.29 is 28.2 Å². The van der Waals surface area contributed by atoms with E-state index in [2.05, 4.69) is 6.58 Å². The fraction of sp³-hybridized carbons (Fsp3) is 0.357. The summed E-state index contributed by atoms with van der Waals surface area (Å²) in [5.74, 6) is 0.363. The molecule has 0 aromatic heterocycles. The van der Waals surface area contributed by atoms with Crippen molar-refractivity contribution in [3.05, 3.63) is 77.4 Å². The van der Waals surface area contributed by atoms with E-state index in [1.165, 1.54) is 12.2 Å². The van der Waals surface area contributed by atoms with Gasteiger partial charge in [-0.05, 0) is 55.2 Å². The van der Waals surface area contributed by atoms with Crippen molar-refractivity contribution in [2.24, 2.45) is 0 Å². The molecule has 0 heterocycles. The highest BCUT2D eigenvalue weighted by atomic mass is 19.1. The summed E-state index contributed by atoms with van der Waals surface area (Å²) in [6.07, 6.45) is 2.48. The Kier molecular flexibility index (Phi) is 11.0. The van der Waals surface area contributed by atoms with Gasteiger partial charge < -0.3 is 19.1 Å². The molecule has 0 aliphatic carbocycles. The minimum atomic E-state index is -0.602. The van der Waals surface area contributed by atoms with Gasteiger partial charge in [0.1, 0.15) is 19.0 Å². The molecule has 0 atom stereocenters. The number of halogens is 1. The Balaban J connectivity index is 2.34. The number of aryl methyl sites for hydroxylation is 1. The summed E-state index contributed by atoms with van der Waals surface area (Å²) in [5.41, 5.74) is 4.97. The van der Waals surface area contributed by atoms with E-state index in [9.17, 15) is 14.0 Å². The number of rotatable bonds is 12. The standard InChI is InChI=1S/C28H34FNO5/c1-6-30(28(32)35-19-21(4)9-8-14-29)18-23-12-10-20(3)15-24(23)25-16-22(11-13-26(25)33-5)17-27(31)34-7-2/h8-13,15-16H,4,6-7,14,17-19H2,1-3,5H3/b9-8-. The van der Waals surface area contributed by atoms with Gasteiger partial charge in [0.15, 0.2) is 0 Å². The van der Waals surface area contributed by atoms with Crippen LogP contribution >= 0.6 is 0 Å². The Labute approximate surface area is 207 Å². The minimum absolute atomic E-state index is 0.0175. The molecule has 0 spiro atoms. The molecule has 0 fully saturated rings. The average Bonchev–Trinajstić information content (AvgIpc) is 2.85. The van der Waals surface area contributed by atoms with Gasteiger partial charge >= 0.3 is 12.1 Å². The maximum atomic E-state index is 12.7. The van der Waals surface area contributed by atoms with Crippen molar-refractivity contribution in [2.75, 3.05) is 33.5 Å². The molecule has 0 unspecified atom stereocenters. The molecule has 0 N–H and O–H groups in total. The van der Waals surface area contributed by atoms with E-state index in [0.717, 1.165) is 27.8 Å². The van der Waals surface area contributed by atoms with Crippen LogP contribution in [0.3, 0.4) is 0 Å². The van der Waals surface area contributed by atoms with E-state index in [1.54, 1.807) is 18.9 Å². The zero-order valence-electron chi connectivity index (χ0n) is 20.9. The van der Waals surface area contributed by atoms with Crippen LogP contribution in [0.2, 0.25) is 0 Å². The molecule has 0 aliphatic rings. The number of carbonyl (C=O) groups is 2. The predicted molar refractivity (Wildman–Crippen MR) is 135 cm³/mol. The van der Waals surface area contributed by atoms with Crippen LogP contribution in [0.15, 0.2) is 60.7 Å². The molecule has 0 bridgehead atoms. The molecule has 0 saturated carbocycles. The van der Waals surface area contributed by atoms with Gasteiger partial charge in [0.2, 0.25) is 0 Å². The summed E-state index contributed by atoms with van der Waals surface area (Å²) in [6, 6.07) is 11.6. The number of ether oxygens (including phenoxy) is 3. The summed E-state index contributed by atoms with van der Waals surface area (Å²) in [6.45, 7) is 9.84. The zero-order chi connectivity index (χ0) is 25.8. The summed E-state index contributed by atoms with van der Waals surface area (Å²) in [5, 5.41) is 0. The molecule has 1 amide bonds. The van der Waals surface area contributed by atoms with Crippen molar-refractivity contribution in [3.8, 4) is 16.9 Å². The highest BCUT2D eigenvalue weighted by molar-refractivity contribution is 5.78. The molecule has 35 heavy (non-hydrogen) atoms. The van der Waals surface area contributed by atoms with Crippen LogP contribution < -0.4 is 4.74 Å². The van der Waals surface area contributed by atoms with Gasteiger partial charge in [-0.2, -0.15) is 0 Å². The second kappa shape index (κ2) is 13.9. The smallest absolute Gasteiger partial charge is 0.410 e. The van der Waals surface area contributed by atoms with Crippen molar-refractivity contribution in [2.45, 2.75) is 33.7 Å². The molecule has 0 saturated heterocycles. The van der Waals surface area contributed by atoms with Crippen LogP contribution in [-0.4, -0.2) is 50.5 Å². The number of amides is 1. The SMILES string of the molecule is C=C(/C=C\CF)COC(=O)N(CC)Cc1ccc(C)cc1-c1cc(CC(=O)OCC)ccc1OC. The molecule has 188 valence electrons. The number of carbonyl (C=O) groups excluding carboxylic acids is 2. The molecule has 7 heteroatoms. The van der Waals surface area contributed by atoms with Gasteiger partial charge in [-0.3, -0.25) is 4.79 Å². The Morgan fingerprint density at radius 2 is 1.86 bits per heavy atom. The van der Waals surface area contributed by atoms with Crippen LogP contribution in [0, 0.1) is 6.92 Å². The molecule has 0 aliphatic heterocycles. The summed E-state index contributed by atoms with van der Waals surface area (Å²) >= 11 is 0. The topological polar surface area (TPSA) is 65.1 Å². The lowest BCUT2D eigenvalue weighted by atomic mass is 9.94. The maximum absolute atomic E-state index is 12.7. The summed E-state index contributed by atoms with van der Waals surface area (Å²) in [4.78, 5) is 26.3. The maximum Gasteiger partial charge on any atom is 0.410 e. The first-order valence-electron chi connectivity index (χ1n) is 11.6. The lowest BCUT2D eigenvalue weighted by Gasteiger charge is -2.23. The first-order chi connectivity index (χ1) is 16.8. The highest BCUT2D eigenvalue weighted by Gasteiger charge is 2.19. The number of methoxy groups -OCH3 is 1. The van der Waals surface area contributed by atoms with Crippen LogP contribution in [-0.2, 0) is 27.2 Å². The van der Waals surface area contributed by atoms with Crippen LogP contribution in [0.1, 0.15) is 30.5 Å². The van der Waals surface area contributed by atoms with Crippen molar-refractivity contribution in [1.29, 1.82) is 0 Å². The number of nitrogens with zero attached hydrogens (tertiary/aromatic N) is 1. The van der Waals surface area contributed by atoms with Gasteiger partial charge in [-0.25, -0.2) is 9.18 Å². The van der Waals surface area contributed by atoms with Crippen molar-refractivity contribution in [3.63, 3.8) is 0 Å². The molecule has 2 aromatic carbocycles. The monoisotopic (exact) mass is 483 g/mol. The Bertz CT molecular complexity index is 1060. The predicted octanol–water partition coefficient (Wildman–Crippen LogP) is 5.82. The fourth-order valence-electron chi connectivity index (χ4n) is 3.55. The van der Waals surface area contributed by atoms with Gasteiger partial charge in [-0.15, -0.1) is 0 Å². The number of allylic oxidation sites excluding steroid dienone is 1. The Morgan fingerprint density at radius 1 is 1.09 bits per heavy atom. The highest BCUT2D eigenvalue weighted by Crippen LogP contribution is 2.35. The molecule has 2 rings (SSSR count). The molecule has 0 radical (unpaired) electrons. The van der Waals surface area contributed by atoms with E-state index in [-0.39, 0.29) is 19.0 Å². The first-order valence-corrected chi connectivity index (χ1v) is 11.6. The summed E-state index contributed by atoms with van der Waals surface area (Å²) < 4.78 is 28.3. The number of hydrogen-bond acceptors (Lipinski definition) is 5. The number of esters is 1. The van der Waals surface area contributed by atoms with Crippen LogP contribution in [0.5, 0.6) is 5.75 Å². The first kappa shape index (κ1) is 27.6. The van der Waals surface area contributed by atoms with E-state index in [4.69, 9.17) is 14.2 Å². The van der Waals surface area contributed by atoms with Crippen LogP contribution in [0.25, 0.3) is 11.1 Å². The lowest BCUT2D eigenvalue weighted by molar-refractivity contribution is -0.142. The second-order valence-electron chi connectivity index (χ2n) is 7.96. The summed E-state index contributed by atoms with van der Waals surface area (Å²) in [7, 11) is 1.60. The van der Waals surface area contributed by atoms with E-state index >= 15 is 0 Å². The Morgan fingerprint density at radius 3 is 2.51 bits per heavy atom. The van der Waals surface area contributed by atoms with E-state index in [1.807, 2.05) is 50.2 Å². The van der Waals surface area contributed by atoms with E-state index < -0.39 is 12.8 Å². The fourth-order valence-corrected chi connectivity index (χ4v) is 3.55. The minimum Gasteiger partial charge on any atom is -0.496 e. The number of benzene rings is 2. The third-order valence-corrected chi connectivity index (χ3v) is 5.30. The van der Waals surface area contributed by atoms with Gasteiger partial charge in [0, 0.05) is 18.7 Å². The van der Waals surface area contributed by atoms with E-state index in [0.29, 0.717) is 31.0 Å². The second-order valence-corrected chi connectivity index (χ2v) is 7.96. The number of hydrogen-bond donors (Lipinski definition) is 0.